The van der Waals surface area contributed by atoms with E-state index in [0.717, 1.165) is 36.9 Å². The molecule has 0 spiro atoms. The Balaban J connectivity index is 0.00000220. The minimum Gasteiger partial charge on any atom is -0.379 e. The van der Waals surface area contributed by atoms with Crippen LogP contribution in [0.4, 0.5) is 0 Å². The predicted octanol–water partition coefficient (Wildman–Crippen LogP) is 2.66. The van der Waals surface area contributed by atoms with Crippen LogP contribution in [-0.2, 0) is 9.53 Å². The summed E-state index contributed by atoms with van der Waals surface area (Å²) in [6.45, 7) is 5.60. The van der Waals surface area contributed by atoms with Gasteiger partial charge in [0.15, 0.2) is 0 Å². The number of amides is 1. The SMILES string of the molecule is CCC(=O)NCC(c1ccccc1Cl)N1CCOCC1.Cl. The maximum absolute atomic E-state index is 11.5. The first-order chi connectivity index (χ1) is 9.72. The van der Waals surface area contributed by atoms with E-state index in [1.165, 1.54) is 0 Å². The van der Waals surface area contributed by atoms with Crippen LogP contribution in [0.5, 0.6) is 0 Å². The highest BCUT2D eigenvalue weighted by Gasteiger charge is 2.24. The van der Waals surface area contributed by atoms with Gasteiger partial charge in [-0.1, -0.05) is 36.7 Å². The number of carbonyl (C=O) groups excluding carboxylic acids is 1. The quantitative estimate of drug-likeness (QED) is 0.901. The molecule has 1 N–H and O–H groups in total. The standard InChI is InChI=1S/C15H21ClN2O2.ClH/c1-2-15(19)17-11-14(18-7-9-20-10-8-18)12-5-3-4-6-13(12)16;/h3-6,14H,2,7-11H2,1H3,(H,17,19);1H. The average molecular weight is 333 g/mol. The Morgan fingerprint density at radius 1 is 1.38 bits per heavy atom. The van der Waals surface area contributed by atoms with Gasteiger partial charge in [-0.2, -0.15) is 0 Å². The third-order valence-corrected chi connectivity index (χ3v) is 3.91. The molecule has 1 aromatic carbocycles. The molecule has 1 aliphatic heterocycles. The van der Waals surface area contributed by atoms with Crippen LogP contribution in [0.2, 0.25) is 5.02 Å². The van der Waals surface area contributed by atoms with Crippen LogP contribution in [0.1, 0.15) is 24.9 Å². The second-order valence-electron chi connectivity index (χ2n) is 4.84. The molecule has 0 aromatic heterocycles. The third-order valence-electron chi connectivity index (χ3n) is 3.56. The molecule has 0 bridgehead atoms. The van der Waals surface area contributed by atoms with Crippen molar-refractivity contribution in [2.75, 3.05) is 32.8 Å². The number of halogens is 2. The smallest absolute Gasteiger partial charge is 0.219 e. The Morgan fingerprint density at radius 3 is 2.67 bits per heavy atom. The maximum atomic E-state index is 11.5. The first-order valence-electron chi connectivity index (χ1n) is 7.05. The molecule has 2 rings (SSSR count). The lowest BCUT2D eigenvalue weighted by Gasteiger charge is -2.35. The summed E-state index contributed by atoms with van der Waals surface area (Å²) in [7, 11) is 0. The summed E-state index contributed by atoms with van der Waals surface area (Å²) in [6, 6.07) is 7.93. The van der Waals surface area contributed by atoms with Gasteiger partial charge in [-0.3, -0.25) is 9.69 Å². The van der Waals surface area contributed by atoms with Crippen molar-refractivity contribution in [1.82, 2.24) is 10.2 Å². The molecule has 1 unspecified atom stereocenters. The molecule has 4 nitrogen and oxygen atoms in total. The van der Waals surface area contributed by atoms with Gasteiger partial charge in [0.1, 0.15) is 0 Å². The van der Waals surface area contributed by atoms with E-state index in [4.69, 9.17) is 16.3 Å². The molecular formula is C15H22Cl2N2O2. The molecule has 1 heterocycles. The van der Waals surface area contributed by atoms with E-state index in [2.05, 4.69) is 10.2 Å². The molecule has 1 saturated heterocycles. The Kier molecular flexibility index (Phi) is 8.04. The van der Waals surface area contributed by atoms with Crippen LogP contribution in [0.25, 0.3) is 0 Å². The lowest BCUT2D eigenvalue weighted by Crippen LogP contribution is -2.43. The van der Waals surface area contributed by atoms with Gasteiger partial charge < -0.3 is 10.1 Å². The van der Waals surface area contributed by atoms with Crippen molar-refractivity contribution in [3.05, 3.63) is 34.9 Å². The molecule has 6 heteroatoms. The second-order valence-corrected chi connectivity index (χ2v) is 5.25. The number of rotatable bonds is 5. The number of hydrogen-bond acceptors (Lipinski definition) is 3. The molecule has 1 atom stereocenters. The number of hydrogen-bond donors (Lipinski definition) is 1. The molecule has 0 radical (unpaired) electrons. The average Bonchev–Trinajstić information content (AvgIpc) is 2.50. The Morgan fingerprint density at radius 2 is 2.05 bits per heavy atom. The fourth-order valence-corrected chi connectivity index (χ4v) is 2.67. The van der Waals surface area contributed by atoms with Gasteiger partial charge in [-0.15, -0.1) is 12.4 Å². The lowest BCUT2D eigenvalue weighted by atomic mass is 10.0. The molecule has 0 aliphatic carbocycles. The van der Waals surface area contributed by atoms with Crippen LogP contribution in [0.15, 0.2) is 24.3 Å². The van der Waals surface area contributed by atoms with Crippen LogP contribution >= 0.6 is 24.0 Å². The first kappa shape index (κ1) is 18.2. The highest BCUT2D eigenvalue weighted by atomic mass is 35.5. The molecule has 21 heavy (non-hydrogen) atoms. The van der Waals surface area contributed by atoms with Gasteiger partial charge in [-0.25, -0.2) is 0 Å². The number of nitrogens with zero attached hydrogens (tertiary/aromatic N) is 1. The summed E-state index contributed by atoms with van der Waals surface area (Å²) in [4.78, 5) is 13.8. The predicted molar refractivity (Wildman–Crippen MR) is 87.1 cm³/mol. The Labute approximate surface area is 137 Å². The van der Waals surface area contributed by atoms with Crippen LogP contribution in [0, 0.1) is 0 Å². The first-order valence-corrected chi connectivity index (χ1v) is 7.43. The van der Waals surface area contributed by atoms with E-state index >= 15 is 0 Å². The minimum absolute atomic E-state index is 0. The fourth-order valence-electron chi connectivity index (χ4n) is 2.41. The number of morpholine rings is 1. The van der Waals surface area contributed by atoms with Crippen LogP contribution in [0.3, 0.4) is 0 Å². The second kappa shape index (κ2) is 9.26. The van der Waals surface area contributed by atoms with Crippen molar-refractivity contribution in [3.63, 3.8) is 0 Å². The summed E-state index contributed by atoms with van der Waals surface area (Å²) in [5.41, 5.74) is 1.06. The summed E-state index contributed by atoms with van der Waals surface area (Å²) in [6.07, 6.45) is 0.498. The van der Waals surface area contributed by atoms with Gasteiger partial charge in [0, 0.05) is 31.1 Å². The fraction of sp³-hybridized carbons (Fsp3) is 0.533. The van der Waals surface area contributed by atoms with Crippen molar-refractivity contribution in [2.24, 2.45) is 0 Å². The monoisotopic (exact) mass is 332 g/mol. The van der Waals surface area contributed by atoms with Crippen molar-refractivity contribution < 1.29 is 9.53 Å². The molecule has 1 aromatic rings. The molecule has 1 amide bonds. The number of carbonyl (C=O) groups is 1. The Hall–Kier alpha value is -0.810. The highest BCUT2D eigenvalue weighted by Crippen LogP contribution is 2.27. The van der Waals surface area contributed by atoms with E-state index in [9.17, 15) is 4.79 Å². The molecule has 118 valence electrons. The topological polar surface area (TPSA) is 41.6 Å². The largest absolute Gasteiger partial charge is 0.379 e. The van der Waals surface area contributed by atoms with Crippen LogP contribution < -0.4 is 5.32 Å². The summed E-state index contributed by atoms with van der Waals surface area (Å²) >= 11 is 6.32. The van der Waals surface area contributed by atoms with Gasteiger partial charge in [-0.05, 0) is 11.6 Å². The Bertz CT molecular complexity index is 451. The van der Waals surface area contributed by atoms with E-state index in [-0.39, 0.29) is 24.4 Å². The van der Waals surface area contributed by atoms with Crippen molar-refractivity contribution in [2.45, 2.75) is 19.4 Å². The van der Waals surface area contributed by atoms with Gasteiger partial charge in [0.05, 0.1) is 19.3 Å². The zero-order chi connectivity index (χ0) is 14.4. The molecule has 0 saturated carbocycles. The van der Waals surface area contributed by atoms with Gasteiger partial charge in [0.2, 0.25) is 5.91 Å². The van der Waals surface area contributed by atoms with E-state index in [1.54, 1.807) is 0 Å². The van der Waals surface area contributed by atoms with Crippen molar-refractivity contribution >= 4 is 29.9 Å². The normalized spacial score (nSPS) is 16.9. The lowest BCUT2D eigenvalue weighted by molar-refractivity contribution is -0.121. The van der Waals surface area contributed by atoms with Crippen molar-refractivity contribution in [3.8, 4) is 0 Å². The number of nitrogens with one attached hydrogen (secondary N) is 1. The van der Waals surface area contributed by atoms with E-state index < -0.39 is 0 Å². The number of ether oxygens (including phenoxy) is 1. The third kappa shape index (κ3) is 5.15. The summed E-state index contributed by atoms with van der Waals surface area (Å²) in [5.74, 6) is 0.0651. The highest BCUT2D eigenvalue weighted by molar-refractivity contribution is 6.31. The zero-order valence-electron chi connectivity index (χ0n) is 12.2. The molecular weight excluding hydrogens is 311 g/mol. The number of benzene rings is 1. The van der Waals surface area contributed by atoms with Crippen molar-refractivity contribution in [1.29, 1.82) is 0 Å². The maximum Gasteiger partial charge on any atom is 0.219 e. The van der Waals surface area contributed by atoms with E-state index in [0.29, 0.717) is 13.0 Å². The molecule has 1 aliphatic rings. The summed E-state index contributed by atoms with van der Waals surface area (Å²) in [5, 5.41) is 3.72. The van der Waals surface area contributed by atoms with Gasteiger partial charge >= 0.3 is 0 Å². The zero-order valence-corrected chi connectivity index (χ0v) is 13.8. The van der Waals surface area contributed by atoms with E-state index in [1.807, 2.05) is 31.2 Å². The molecule has 1 fully saturated rings. The minimum atomic E-state index is 0. The van der Waals surface area contributed by atoms with Crippen LogP contribution in [-0.4, -0.2) is 43.7 Å². The van der Waals surface area contributed by atoms with Gasteiger partial charge in [0.25, 0.3) is 0 Å². The summed E-state index contributed by atoms with van der Waals surface area (Å²) < 4.78 is 5.40.